The predicted octanol–water partition coefficient (Wildman–Crippen LogP) is 2.04. The summed E-state index contributed by atoms with van der Waals surface area (Å²) in [5.41, 5.74) is 1.20. The van der Waals surface area contributed by atoms with E-state index < -0.39 is 10.0 Å². The van der Waals surface area contributed by atoms with Crippen molar-refractivity contribution in [2.75, 3.05) is 39.4 Å². The average molecular weight is 407 g/mol. The van der Waals surface area contributed by atoms with Crippen molar-refractivity contribution in [3.05, 3.63) is 30.4 Å². The molecular weight excluding hydrogens is 380 g/mol. The lowest BCUT2D eigenvalue weighted by molar-refractivity contribution is -0.137. The quantitative estimate of drug-likeness (QED) is 0.718. The molecule has 0 N–H and O–H groups in total. The zero-order valence-electron chi connectivity index (χ0n) is 15.9. The van der Waals surface area contributed by atoms with Gasteiger partial charge >= 0.3 is 0 Å². The van der Waals surface area contributed by atoms with E-state index in [2.05, 4.69) is 6.58 Å². The summed E-state index contributed by atoms with van der Waals surface area (Å²) in [7, 11) is -3.62. The largest absolute Gasteiger partial charge is 0.486 e. The van der Waals surface area contributed by atoms with Gasteiger partial charge in [0.15, 0.2) is 11.5 Å². The fourth-order valence-corrected chi connectivity index (χ4v) is 5.46. The highest BCUT2D eigenvalue weighted by Crippen LogP contribution is 2.34. The number of nitrogens with zero attached hydrogens (tertiary/aromatic N) is 2. The minimum Gasteiger partial charge on any atom is -0.486 e. The Morgan fingerprint density at radius 1 is 1.00 bits per heavy atom. The van der Waals surface area contributed by atoms with E-state index in [-0.39, 0.29) is 16.7 Å². The fourth-order valence-electron chi connectivity index (χ4n) is 3.98. The molecule has 0 aromatic heterocycles. The minimum atomic E-state index is -3.62. The number of hydrogen-bond donors (Lipinski definition) is 0. The zero-order valence-corrected chi connectivity index (χ0v) is 16.7. The van der Waals surface area contributed by atoms with Gasteiger partial charge in [-0.3, -0.25) is 4.79 Å². The Bertz CT molecular complexity index is 865. The van der Waals surface area contributed by atoms with E-state index >= 15 is 0 Å². The van der Waals surface area contributed by atoms with Gasteiger partial charge in [-0.1, -0.05) is 12.2 Å². The van der Waals surface area contributed by atoms with Crippen LogP contribution in [0, 0.1) is 5.92 Å². The first-order valence-corrected chi connectivity index (χ1v) is 11.2. The monoisotopic (exact) mass is 406 g/mol. The molecule has 0 atom stereocenters. The maximum atomic E-state index is 13.0. The number of benzene rings is 1. The number of hydrogen-bond acceptors (Lipinski definition) is 5. The molecule has 3 heterocycles. The zero-order chi connectivity index (χ0) is 19.7. The lowest BCUT2D eigenvalue weighted by Gasteiger charge is -2.35. The summed E-state index contributed by atoms with van der Waals surface area (Å²) in [6.45, 7) is 7.03. The van der Waals surface area contributed by atoms with E-state index in [4.69, 9.17) is 9.47 Å². The molecule has 0 bridgehead atoms. The van der Waals surface area contributed by atoms with Crippen LogP contribution in [-0.2, 0) is 14.8 Å². The van der Waals surface area contributed by atoms with Crippen LogP contribution in [0.2, 0.25) is 0 Å². The van der Waals surface area contributed by atoms with Crippen LogP contribution < -0.4 is 9.47 Å². The molecule has 28 heavy (non-hydrogen) atoms. The van der Waals surface area contributed by atoms with Crippen molar-refractivity contribution < 1.29 is 22.7 Å². The number of piperidine rings is 2. The number of sulfonamides is 1. The second-order valence-corrected chi connectivity index (χ2v) is 9.50. The van der Waals surface area contributed by atoms with Crippen molar-refractivity contribution >= 4 is 15.9 Å². The molecule has 1 aromatic carbocycles. The Balaban J connectivity index is 1.40. The van der Waals surface area contributed by atoms with Gasteiger partial charge in [0.25, 0.3) is 0 Å². The molecule has 2 fully saturated rings. The maximum Gasteiger partial charge on any atom is 0.243 e. The number of amides is 1. The summed E-state index contributed by atoms with van der Waals surface area (Å²) >= 11 is 0. The van der Waals surface area contributed by atoms with Crippen LogP contribution >= 0.6 is 0 Å². The third-order valence-electron chi connectivity index (χ3n) is 5.74. The van der Waals surface area contributed by atoms with Gasteiger partial charge in [0.05, 0.1) is 4.90 Å². The van der Waals surface area contributed by atoms with E-state index in [9.17, 15) is 13.2 Å². The molecule has 1 aromatic rings. The molecule has 0 radical (unpaired) electrons. The van der Waals surface area contributed by atoms with Crippen LogP contribution in [0.25, 0.3) is 0 Å². The van der Waals surface area contributed by atoms with Crippen molar-refractivity contribution in [3.63, 3.8) is 0 Å². The summed E-state index contributed by atoms with van der Waals surface area (Å²) in [4.78, 5) is 14.9. The van der Waals surface area contributed by atoms with E-state index in [1.54, 1.807) is 12.1 Å². The number of carbonyl (C=O) groups excluding carboxylic acids is 1. The van der Waals surface area contributed by atoms with Gasteiger partial charge in [-0.25, -0.2) is 8.42 Å². The van der Waals surface area contributed by atoms with Crippen LogP contribution in [0.3, 0.4) is 0 Å². The minimum absolute atomic E-state index is 0.0990. The highest BCUT2D eigenvalue weighted by molar-refractivity contribution is 7.89. The maximum absolute atomic E-state index is 13.0. The predicted molar refractivity (Wildman–Crippen MR) is 104 cm³/mol. The first kappa shape index (κ1) is 19.3. The lowest BCUT2D eigenvalue weighted by atomic mass is 9.95. The number of likely N-dealkylation sites (tertiary alicyclic amines) is 1. The van der Waals surface area contributed by atoms with Gasteiger partial charge in [-0.2, -0.15) is 4.31 Å². The van der Waals surface area contributed by atoms with E-state index in [1.165, 1.54) is 15.9 Å². The number of rotatable bonds is 3. The van der Waals surface area contributed by atoms with Gasteiger partial charge < -0.3 is 14.4 Å². The molecule has 8 heteroatoms. The van der Waals surface area contributed by atoms with Crippen LogP contribution in [0.15, 0.2) is 35.2 Å². The van der Waals surface area contributed by atoms with E-state index in [1.807, 2.05) is 4.90 Å². The van der Waals surface area contributed by atoms with Crippen LogP contribution in [0.5, 0.6) is 11.5 Å². The second-order valence-electron chi connectivity index (χ2n) is 7.56. The normalized spacial score (nSPS) is 21.6. The fraction of sp³-hybridized carbons (Fsp3) is 0.550. The van der Waals surface area contributed by atoms with E-state index in [0.29, 0.717) is 50.6 Å². The summed E-state index contributed by atoms with van der Waals surface area (Å²) < 4.78 is 38.5. The highest BCUT2D eigenvalue weighted by Gasteiger charge is 2.34. The SMILES string of the molecule is C=C1CCN(C(=O)C2CCN(S(=O)(=O)c3ccc4c(c3)OCCO4)CC2)CC1. The van der Waals surface area contributed by atoms with Crippen molar-refractivity contribution in [3.8, 4) is 11.5 Å². The standard InChI is InChI=1S/C20H26N2O5S/c1-15-4-8-21(9-5-15)20(23)16-6-10-22(11-7-16)28(24,25)17-2-3-18-19(14-17)27-13-12-26-18/h2-3,14,16H,1,4-13H2. The second kappa shape index (κ2) is 7.75. The molecule has 0 saturated carbocycles. The highest BCUT2D eigenvalue weighted by atomic mass is 32.2. The van der Waals surface area contributed by atoms with Crippen LogP contribution in [0.1, 0.15) is 25.7 Å². The molecular formula is C20H26N2O5S. The molecule has 4 rings (SSSR count). The molecule has 0 unspecified atom stereocenters. The van der Waals surface area contributed by atoms with Gasteiger partial charge in [-0.15, -0.1) is 0 Å². The summed E-state index contributed by atoms with van der Waals surface area (Å²) in [6.07, 6.45) is 2.84. The molecule has 0 aliphatic carbocycles. The molecule has 2 saturated heterocycles. The summed E-state index contributed by atoms with van der Waals surface area (Å²) in [5, 5.41) is 0. The molecule has 3 aliphatic heterocycles. The van der Waals surface area contributed by atoms with Gasteiger partial charge in [-0.05, 0) is 37.8 Å². The lowest BCUT2D eigenvalue weighted by Crippen LogP contribution is -2.45. The third kappa shape index (κ3) is 3.75. The Hall–Kier alpha value is -2.06. The Morgan fingerprint density at radius 3 is 2.32 bits per heavy atom. The van der Waals surface area contributed by atoms with Gasteiger partial charge in [0.1, 0.15) is 13.2 Å². The Labute approximate surface area is 166 Å². The Kier molecular flexibility index (Phi) is 5.33. The van der Waals surface area contributed by atoms with Gasteiger partial charge in [0.2, 0.25) is 15.9 Å². The molecule has 3 aliphatic rings. The first-order valence-electron chi connectivity index (χ1n) is 9.80. The smallest absolute Gasteiger partial charge is 0.243 e. The molecule has 1 amide bonds. The van der Waals surface area contributed by atoms with Crippen molar-refractivity contribution in [2.45, 2.75) is 30.6 Å². The summed E-state index contributed by atoms with van der Waals surface area (Å²) in [5.74, 6) is 1.09. The van der Waals surface area contributed by atoms with Gasteiger partial charge in [0, 0.05) is 38.2 Å². The van der Waals surface area contributed by atoms with Crippen molar-refractivity contribution in [1.82, 2.24) is 9.21 Å². The van der Waals surface area contributed by atoms with E-state index in [0.717, 1.165) is 25.9 Å². The molecule has 7 nitrogen and oxygen atoms in total. The molecule has 0 spiro atoms. The summed E-state index contributed by atoms with van der Waals surface area (Å²) in [6, 6.07) is 4.73. The Morgan fingerprint density at radius 2 is 1.64 bits per heavy atom. The first-order chi connectivity index (χ1) is 13.4. The number of ether oxygens (including phenoxy) is 2. The van der Waals surface area contributed by atoms with Crippen LogP contribution in [-0.4, -0.2) is 62.9 Å². The average Bonchev–Trinajstić information content (AvgIpc) is 2.73. The third-order valence-corrected chi connectivity index (χ3v) is 7.63. The molecule has 152 valence electrons. The van der Waals surface area contributed by atoms with Crippen molar-refractivity contribution in [1.29, 1.82) is 0 Å². The van der Waals surface area contributed by atoms with Crippen LogP contribution in [0.4, 0.5) is 0 Å². The number of carbonyl (C=O) groups is 1. The topological polar surface area (TPSA) is 76.2 Å². The van der Waals surface area contributed by atoms with Crippen molar-refractivity contribution in [2.24, 2.45) is 5.92 Å². The number of fused-ring (bicyclic) bond motifs is 1.